The van der Waals surface area contributed by atoms with E-state index >= 15 is 0 Å². The fourth-order valence-electron chi connectivity index (χ4n) is 3.63. The molecule has 20 heavy (non-hydrogen) atoms. The highest BCUT2D eigenvalue weighted by atomic mass is 15.3. The van der Waals surface area contributed by atoms with Gasteiger partial charge >= 0.3 is 0 Å². The van der Waals surface area contributed by atoms with Gasteiger partial charge < -0.3 is 10.2 Å². The van der Waals surface area contributed by atoms with Gasteiger partial charge in [-0.1, -0.05) is 30.3 Å². The van der Waals surface area contributed by atoms with Gasteiger partial charge in [0.15, 0.2) is 0 Å². The van der Waals surface area contributed by atoms with Gasteiger partial charge in [0.25, 0.3) is 0 Å². The third kappa shape index (κ3) is 3.05. The van der Waals surface area contributed by atoms with E-state index in [1.165, 1.54) is 38.2 Å². The monoisotopic (exact) mass is 273 g/mol. The van der Waals surface area contributed by atoms with Crippen molar-refractivity contribution in [3.8, 4) is 0 Å². The van der Waals surface area contributed by atoms with Gasteiger partial charge in [-0.3, -0.25) is 4.90 Å². The Hall–Kier alpha value is -0.900. The topological polar surface area (TPSA) is 18.5 Å². The molecule has 1 N–H and O–H groups in total. The molecule has 3 unspecified atom stereocenters. The number of hydrogen-bond donors (Lipinski definition) is 1. The van der Waals surface area contributed by atoms with Crippen LogP contribution in [0.4, 0.5) is 0 Å². The third-order valence-electron chi connectivity index (χ3n) is 5.04. The van der Waals surface area contributed by atoms with Crippen LogP contribution in [0.1, 0.15) is 24.9 Å². The first kappa shape index (κ1) is 14.1. The van der Waals surface area contributed by atoms with Crippen LogP contribution < -0.4 is 5.32 Å². The molecule has 2 saturated heterocycles. The Labute approximate surface area is 123 Å². The molecule has 3 rings (SSSR count). The van der Waals surface area contributed by atoms with Gasteiger partial charge in [0.05, 0.1) is 0 Å². The van der Waals surface area contributed by atoms with Crippen molar-refractivity contribution in [3.05, 3.63) is 35.9 Å². The number of piperazine rings is 1. The molecule has 3 atom stereocenters. The number of nitrogens with zero attached hydrogens (tertiary/aromatic N) is 2. The predicted molar refractivity (Wildman–Crippen MR) is 83.8 cm³/mol. The van der Waals surface area contributed by atoms with Crippen molar-refractivity contribution in [2.75, 3.05) is 39.8 Å². The first-order chi connectivity index (χ1) is 9.74. The van der Waals surface area contributed by atoms with Gasteiger partial charge in [-0.15, -0.1) is 0 Å². The second kappa shape index (κ2) is 6.25. The zero-order valence-corrected chi connectivity index (χ0v) is 12.8. The van der Waals surface area contributed by atoms with Crippen LogP contribution in [0.25, 0.3) is 0 Å². The molecule has 2 fully saturated rings. The van der Waals surface area contributed by atoms with Crippen molar-refractivity contribution in [1.82, 2.24) is 15.1 Å². The Morgan fingerprint density at radius 3 is 2.70 bits per heavy atom. The van der Waals surface area contributed by atoms with Crippen LogP contribution in [-0.4, -0.2) is 55.6 Å². The standard InChI is InChI=1S/C17H27N3/c1-14-16(8-9-18-14)12-20-11-10-19(2)13-17(20)15-6-4-3-5-7-15/h3-7,14,16-18H,8-13H2,1-2H3. The molecule has 0 radical (unpaired) electrons. The molecule has 1 aromatic carbocycles. The number of hydrogen-bond acceptors (Lipinski definition) is 3. The van der Waals surface area contributed by atoms with Gasteiger partial charge in [0.2, 0.25) is 0 Å². The van der Waals surface area contributed by atoms with E-state index < -0.39 is 0 Å². The predicted octanol–water partition coefficient (Wildman–Crippen LogP) is 1.97. The van der Waals surface area contributed by atoms with Crippen LogP contribution in [0, 0.1) is 5.92 Å². The Morgan fingerprint density at radius 2 is 2.00 bits per heavy atom. The second-order valence-electron chi connectivity index (χ2n) is 6.48. The molecule has 0 amide bonds. The number of rotatable bonds is 3. The van der Waals surface area contributed by atoms with Crippen LogP contribution in [0.5, 0.6) is 0 Å². The minimum absolute atomic E-state index is 0.558. The second-order valence-corrected chi connectivity index (χ2v) is 6.48. The van der Waals surface area contributed by atoms with Crippen LogP contribution >= 0.6 is 0 Å². The molecule has 0 aliphatic carbocycles. The molecule has 2 aliphatic heterocycles. The fraction of sp³-hybridized carbons (Fsp3) is 0.647. The van der Waals surface area contributed by atoms with E-state index in [0.29, 0.717) is 12.1 Å². The molecule has 1 aromatic rings. The zero-order valence-electron chi connectivity index (χ0n) is 12.8. The minimum atomic E-state index is 0.558. The van der Waals surface area contributed by atoms with Crippen molar-refractivity contribution in [2.45, 2.75) is 25.4 Å². The van der Waals surface area contributed by atoms with Crippen LogP contribution in [0.3, 0.4) is 0 Å². The van der Waals surface area contributed by atoms with E-state index in [1.54, 1.807) is 0 Å². The average molecular weight is 273 g/mol. The summed E-state index contributed by atoms with van der Waals surface area (Å²) in [6.45, 7) is 8.30. The Bertz CT molecular complexity index is 420. The summed E-state index contributed by atoms with van der Waals surface area (Å²) in [7, 11) is 2.24. The normalized spacial score (nSPS) is 32.6. The van der Waals surface area contributed by atoms with Crippen molar-refractivity contribution in [2.24, 2.45) is 5.92 Å². The number of nitrogens with one attached hydrogen (secondary N) is 1. The largest absolute Gasteiger partial charge is 0.314 e. The lowest BCUT2D eigenvalue weighted by Gasteiger charge is -2.42. The molecular formula is C17H27N3. The first-order valence-electron chi connectivity index (χ1n) is 7.95. The highest BCUT2D eigenvalue weighted by molar-refractivity contribution is 5.20. The average Bonchev–Trinajstić information content (AvgIpc) is 2.87. The Morgan fingerprint density at radius 1 is 1.20 bits per heavy atom. The lowest BCUT2D eigenvalue weighted by molar-refractivity contribution is 0.0736. The molecule has 0 spiro atoms. The Balaban J connectivity index is 1.73. The third-order valence-corrected chi connectivity index (χ3v) is 5.04. The van der Waals surface area contributed by atoms with Gasteiger partial charge in [0.1, 0.15) is 0 Å². The van der Waals surface area contributed by atoms with Gasteiger partial charge in [0, 0.05) is 38.3 Å². The molecule has 0 bridgehead atoms. The van der Waals surface area contributed by atoms with Crippen molar-refractivity contribution in [1.29, 1.82) is 0 Å². The molecule has 0 saturated carbocycles. The highest BCUT2D eigenvalue weighted by Crippen LogP contribution is 2.27. The van der Waals surface area contributed by atoms with E-state index in [0.717, 1.165) is 12.5 Å². The maximum atomic E-state index is 3.59. The summed E-state index contributed by atoms with van der Waals surface area (Å²) in [5, 5.41) is 3.59. The van der Waals surface area contributed by atoms with Gasteiger partial charge in [-0.25, -0.2) is 0 Å². The summed E-state index contributed by atoms with van der Waals surface area (Å²) in [4.78, 5) is 5.17. The van der Waals surface area contributed by atoms with Crippen LogP contribution in [-0.2, 0) is 0 Å². The molecule has 3 nitrogen and oxygen atoms in total. The minimum Gasteiger partial charge on any atom is -0.314 e. The van der Waals surface area contributed by atoms with Crippen molar-refractivity contribution >= 4 is 0 Å². The SMILES string of the molecule is CC1NCCC1CN1CCN(C)CC1c1ccccc1. The van der Waals surface area contributed by atoms with Gasteiger partial charge in [-0.2, -0.15) is 0 Å². The molecule has 3 heteroatoms. The van der Waals surface area contributed by atoms with Crippen molar-refractivity contribution in [3.63, 3.8) is 0 Å². The smallest absolute Gasteiger partial charge is 0.0475 e. The molecule has 110 valence electrons. The Kier molecular flexibility index (Phi) is 4.39. The number of benzene rings is 1. The molecular weight excluding hydrogens is 246 g/mol. The maximum absolute atomic E-state index is 3.59. The van der Waals surface area contributed by atoms with Gasteiger partial charge in [-0.05, 0) is 38.4 Å². The van der Waals surface area contributed by atoms with E-state index in [9.17, 15) is 0 Å². The summed E-state index contributed by atoms with van der Waals surface area (Å²) in [6, 6.07) is 12.3. The lowest BCUT2D eigenvalue weighted by atomic mass is 9.97. The van der Waals surface area contributed by atoms with E-state index in [-0.39, 0.29) is 0 Å². The summed E-state index contributed by atoms with van der Waals surface area (Å²) >= 11 is 0. The van der Waals surface area contributed by atoms with Crippen LogP contribution in [0.15, 0.2) is 30.3 Å². The lowest BCUT2D eigenvalue weighted by Crippen LogP contribution is -2.49. The summed E-state index contributed by atoms with van der Waals surface area (Å²) in [6.07, 6.45) is 1.33. The summed E-state index contributed by atoms with van der Waals surface area (Å²) in [5.74, 6) is 0.810. The molecule has 2 heterocycles. The first-order valence-corrected chi connectivity index (χ1v) is 7.95. The summed E-state index contributed by atoms with van der Waals surface area (Å²) in [5.41, 5.74) is 1.47. The highest BCUT2D eigenvalue weighted by Gasteiger charge is 2.31. The van der Waals surface area contributed by atoms with E-state index in [4.69, 9.17) is 0 Å². The van der Waals surface area contributed by atoms with E-state index in [1.807, 2.05) is 0 Å². The quantitative estimate of drug-likeness (QED) is 0.908. The number of likely N-dealkylation sites (N-methyl/N-ethyl adjacent to an activating group) is 1. The van der Waals surface area contributed by atoms with Crippen molar-refractivity contribution < 1.29 is 0 Å². The molecule has 2 aliphatic rings. The fourth-order valence-corrected chi connectivity index (χ4v) is 3.63. The zero-order chi connectivity index (χ0) is 13.9. The maximum Gasteiger partial charge on any atom is 0.0475 e. The summed E-state index contributed by atoms with van der Waals surface area (Å²) < 4.78 is 0. The van der Waals surface area contributed by atoms with E-state index in [2.05, 4.69) is 59.4 Å². The van der Waals surface area contributed by atoms with Crippen LogP contribution in [0.2, 0.25) is 0 Å². The molecule has 0 aromatic heterocycles.